The quantitative estimate of drug-likeness (QED) is 0.751. The van der Waals surface area contributed by atoms with E-state index in [9.17, 15) is 18.0 Å². The molecule has 0 unspecified atom stereocenters. The number of halogens is 4. The molecule has 1 amide bonds. The molecule has 0 saturated heterocycles. The Morgan fingerprint density at radius 3 is 2.62 bits per heavy atom. The van der Waals surface area contributed by atoms with Crippen molar-refractivity contribution < 1.29 is 18.0 Å². The van der Waals surface area contributed by atoms with Gasteiger partial charge in [-0.3, -0.25) is 10.1 Å². The van der Waals surface area contributed by atoms with E-state index in [-0.39, 0.29) is 22.9 Å². The minimum Gasteiger partial charge on any atom is -0.304 e. The van der Waals surface area contributed by atoms with E-state index in [4.69, 9.17) is 11.6 Å². The van der Waals surface area contributed by atoms with Crippen molar-refractivity contribution in [2.75, 3.05) is 5.32 Å². The Morgan fingerprint density at radius 2 is 2.08 bits per heavy atom. The van der Waals surface area contributed by atoms with E-state index >= 15 is 0 Å². The molecule has 0 aliphatic heterocycles. The van der Waals surface area contributed by atoms with E-state index in [2.05, 4.69) is 10.3 Å². The molecular weight excluding hydrogens is 367 g/mol. The molecule has 4 nitrogen and oxygen atoms in total. The van der Waals surface area contributed by atoms with E-state index in [0.717, 1.165) is 19.3 Å². The first-order valence-corrected chi connectivity index (χ1v) is 8.87. The molecule has 1 N–H and O–H groups in total. The normalized spacial score (nSPS) is 16.8. The smallest absolute Gasteiger partial charge is 0.244 e. The van der Waals surface area contributed by atoms with Gasteiger partial charge in [-0.1, -0.05) is 25.4 Å². The highest BCUT2D eigenvalue weighted by Gasteiger charge is 2.38. The Labute approximate surface area is 154 Å². The number of carbonyl (C=O) groups excluding carboxylic acids is 1. The number of rotatable bonds is 5. The van der Waals surface area contributed by atoms with Gasteiger partial charge in [0.1, 0.15) is 5.82 Å². The molecule has 1 heterocycles. The van der Waals surface area contributed by atoms with Crippen LogP contribution >= 0.6 is 11.6 Å². The van der Waals surface area contributed by atoms with Crippen LogP contribution in [0.3, 0.4) is 0 Å². The van der Waals surface area contributed by atoms with Crippen LogP contribution in [-0.4, -0.2) is 21.9 Å². The number of hydrogen-bond acceptors (Lipinski definition) is 2. The van der Waals surface area contributed by atoms with E-state index in [0.29, 0.717) is 11.0 Å². The number of anilines is 1. The summed E-state index contributed by atoms with van der Waals surface area (Å²) in [5.74, 6) is -0.917. The van der Waals surface area contributed by atoms with Crippen LogP contribution in [0.1, 0.15) is 46.5 Å². The monoisotopic (exact) mass is 387 g/mol. The Morgan fingerprint density at radius 1 is 1.42 bits per heavy atom. The van der Waals surface area contributed by atoms with E-state index in [1.807, 2.05) is 11.5 Å². The fraction of sp³-hybridized carbons (Fsp3) is 0.556. The van der Waals surface area contributed by atoms with Gasteiger partial charge in [0, 0.05) is 23.4 Å². The standard InChI is InChI=1S/C18H21ClF3N3O/c1-17(2,15(21)22)9-14(26)24-16-23-12-8-11(20)10(19)7-13(12)25(16)18(3)5-4-6-18/h7-8,15H,4-6,9H2,1-3H3,(H,23,24,26). The van der Waals surface area contributed by atoms with Gasteiger partial charge in [0.15, 0.2) is 0 Å². The average Bonchev–Trinajstić information content (AvgIpc) is 2.81. The first-order valence-electron chi connectivity index (χ1n) is 8.49. The number of fused-ring (bicyclic) bond motifs is 1. The Kier molecular flexibility index (Phi) is 4.71. The third-order valence-corrected chi connectivity index (χ3v) is 5.41. The third kappa shape index (κ3) is 3.29. The van der Waals surface area contributed by atoms with Crippen LogP contribution in [0.15, 0.2) is 12.1 Å². The van der Waals surface area contributed by atoms with Gasteiger partial charge in [-0.2, -0.15) is 0 Å². The maximum atomic E-state index is 13.8. The second-order valence-electron chi connectivity index (χ2n) is 7.89. The molecule has 0 spiro atoms. The number of nitrogens with one attached hydrogen (secondary N) is 1. The van der Waals surface area contributed by atoms with Gasteiger partial charge in [-0.05, 0) is 32.3 Å². The van der Waals surface area contributed by atoms with Crippen molar-refractivity contribution in [3.8, 4) is 0 Å². The number of imidazole rings is 1. The maximum absolute atomic E-state index is 13.8. The second kappa shape index (κ2) is 6.44. The van der Waals surface area contributed by atoms with Gasteiger partial charge in [0.05, 0.1) is 16.1 Å². The summed E-state index contributed by atoms with van der Waals surface area (Å²) in [7, 11) is 0. The Balaban J connectivity index is 2.00. The van der Waals surface area contributed by atoms with Crippen LogP contribution in [0.2, 0.25) is 5.02 Å². The van der Waals surface area contributed by atoms with E-state index in [1.165, 1.54) is 26.0 Å². The Bertz CT molecular complexity index is 859. The number of benzene rings is 1. The zero-order chi connectivity index (χ0) is 19.3. The molecule has 0 bridgehead atoms. The molecule has 1 aromatic heterocycles. The van der Waals surface area contributed by atoms with Crippen LogP contribution in [-0.2, 0) is 10.3 Å². The van der Waals surface area contributed by atoms with Crippen LogP contribution in [0.25, 0.3) is 11.0 Å². The lowest BCUT2D eigenvalue weighted by atomic mass is 9.78. The lowest BCUT2D eigenvalue weighted by Gasteiger charge is -2.41. The van der Waals surface area contributed by atoms with E-state index in [1.54, 1.807) is 0 Å². The van der Waals surface area contributed by atoms with Crippen molar-refractivity contribution in [3.05, 3.63) is 23.0 Å². The second-order valence-corrected chi connectivity index (χ2v) is 8.30. The number of hydrogen-bond donors (Lipinski definition) is 1. The molecule has 3 rings (SSSR count). The molecule has 26 heavy (non-hydrogen) atoms. The number of nitrogens with zero attached hydrogens (tertiary/aromatic N) is 2. The third-order valence-electron chi connectivity index (χ3n) is 5.13. The van der Waals surface area contributed by atoms with Gasteiger partial charge in [-0.25, -0.2) is 18.2 Å². The molecule has 1 fully saturated rings. The van der Waals surface area contributed by atoms with Crippen molar-refractivity contribution in [2.24, 2.45) is 5.41 Å². The summed E-state index contributed by atoms with van der Waals surface area (Å²) in [5.41, 5.74) is -0.751. The molecule has 2 aromatic rings. The summed E-state index contributed by atoms with van der Waals surface area (Å²) in [5, 5.41) is 2.61. The maximum Gasteiger partial charge on any atom is 0.244 e. The first-order chi connectivity index (χ1) is 12.0. The fourth-order valence-corrected chi connectivity index (χ4v) is 3.43. The molecule has 1 aliphatic rings. The molecule has 8 heteroatoms. The van der Waals surface area contributed by atoms with Gasteiger partial charge in [0.25, 0.3) is 0 Å². The zero-order valence-electron chi connectivity index (χ0n) is 14.9. The van der Waals surface area contributed by atoms with Crippen LogP contribution < -0.4 is 5.32 Å². The van der Waals surface area contributed by atoms with Crippen LogP contribution in [0.5, 0.6) is 0 Å². The molecule has 1 aromatic carbocycles. The number of alkyl halides is 2. The molecule has 1 aliphatic carbocycles. The Hall–Kier alpha value is -1.76. The van der Waals surface area contributed by atoms with Gasteiger partial charge >= 0.3 is 0 Å². The van der Waals surface area contributed by atoms with E-state index < -0.39 is 23.6 Å². The first kappa shape index (κ1) is 19.0. The molecule has 0 radical (unpaired) electrons. The minimum absolute atomic E-state index is 0.0294. The van der Waals surface area contributed by atoms with Crippen molar-refractivity contribution in [2.45, 2.75) is 58.4 Å². The zero-order valence-corrected chi connectivity index (χ0v) is 15.6. The number of amides is 1. The van der Waals surface area contributed by atoms with Crippen LogP contribution in [0.4, 0.5) is 19.1 Å². The van der Waals surface area contributed by atoms with Gasteiger partial charge < -0.3 is 4.57 Å². The number of aromatic nitrogens is 2. The highest BCUT2D eigenvalue weighted by molar-refractivity contribution is 6.31. The molecule has 142 valence electrons. The fourth-order valence-electron chi connectivity index (χ4n) is 3.27. The lowest BCUT2D eigenvalue weighted by molar-refractivity contribution is -0.120. The summed E-state index contributed by atoms with van der Waals surface area (Å²) < 4.78 is 41.7. The molecule has 0 atom stereocenters. The minimum atomic E-state index is -2.62. The highest BCUT2D eigenvalue weighted by atomic mass is 35.5. The van der Waals surface area contributed by atoms with Crippen LogP contribution in [0, 0.1) is 11.2 Å². The van der Waals surface area contributed by atoms with Crippen molar-refractivity contribution in [3.63, 3.8) is 0 Å². The number of carbonyl (C=O) groups is 1. The topological polar surface area (TPSA) is 46.9 Å². The largest absolute Gasteiger partial charge is 0.304 e. The predicted octanol–water partition coefficient (Wildman–Crippen LogP) is 5.35. The SMILES string of the molecule is CC(C)(CC(=O)Nc1nc2cc(F)c(Cl)cc2n1C1(C)CCC1)C(F)F. The summed E-state index contributed by atoms with van der Waals surface area (Å²) in [6.45, 7) is 4.69. The molecule has 1 saturated carbocycles. The van der Waals surface area contributed by atoms with Gasteiger partial charge in [-0.15, -0.1) is 0 Å². The predicted molar refractivity (Wildman–Crippen MR) is 95.2 cm³/mol. The summed E-state index contributed by atoms with van der Waals surface area (Å²) >= 11 is 5.92. The molecular formula is C18H21ClF3N3O. The van der Waals surface area contributed by atoms with Crippen molar-refractivity contribution >= 4 is 34.5 Å². The van der Waals surface area contributed by atoms with Crippen molar-refractivity contribution in [1.29, 1.82) is 0 Å². The average molecular weight is 388 g/mol. The van der Waals surface area contributed by atoms with Crippen molar-refractivity contribution in [1.82, 2.24) is 9.55 Å². The summed E-state index contributed by atoms with van der Waals surface area (Å²) in [6, 6.07) is 2.70. The lowest BCUT2D eigenvalue weighted by Crippen LogP contribution is -2.38. The summed E-state index contributed by atoms with van der Waals surface area (Å²) in [4.78, 5) is 16.7. The van der Waals surface area contributed by atoms with Gasteiger partial charge in [0.2, 0.25) is 18.3 Å². The summed E-state index contributed by atoms with van der Waals surface area (Å²) in [6.07, 6.45) is -0.196. The highest BCUT2D eigenvalue weighted by Crippen LogP contribution is 2.43.